The number of aliphatic hydroxyl groups is 1. The molecule has 0 aliphatic heterocycles. The smallest absolute Gasteiger partial charge is 0.165 e. The number of ether oxygens (including phenoxy) is 1. The molecule has 2 rings (SSSR count). The summed E-state index contributed by atoms with van der Waals surface area (Å²) in [5.41, 5.74) is 0. The maximum absolute atomic E-state index is 8.74. The summed E-state index contributed by atoms with van der Waals surface area (Å²) in [5, 5.41) is 13.4. The molecule has 0 radical (unpaired) electrons. The summed E-state index contributed by atoms with van der Waals surface area (Å²) in [5.74, 6) is 1.28. The van der Waals surface area contributed by atoms with Crippen molar-refractivity contribution in [2.75, 3.05) is 6.61 Å². The number of rotatable bonds is 4. The lowest BCUT2D eigenvalue weighted by molar-refractivity contribution is 0.269. The Balaban J connectivity index is 2.08. The highest BCUT2D eigenvalue weighted by Gasteiger charge is 2.01. The van der Waals surface area contributed by atoms with Gasteiger partial charge in [-0.2, -0.15) is 5.10 Å². The Morgan fingerprint density at radius 2 is 2.25 bits per heavy atom. The molecular weight excluding hydrogens is 228 g/mol. The van der Waals surface area contributed by atoms with Crippen LogP contribution in [0, 0.1) is 0 Å². The van der Waals surface area contributed by atoms with Gasteiger partial charge in [0.2, 0.25) is 0 Å². The molecule has 0 bridgehead atoms. The van der Waals surface area contributed by atoms with Gasteiger partial charge in [0.15, 0.2) is 5.75 Å². The average Bonchev–Trinajstić information content (AvgIpc) is 2.66. The van der Waals surface area contributed by atoms with Gasteiger partial charge in [-0.1, -0.05) is 17.7 Å². The van der Waals surface area contributed by atoms with Crippen molar-refractivity contribution in [2.24, 2.45) is 0 Å². The molecule has 4 nitrogen and oxygen atoms in total. The van der Waals surface area contributed by atoms with E-state index in [-0.39, 0.29) is 6.61 Å². The summed E-state index contributed by atoms with van der Waals surface area (Å²) < 4.78 is 7.15. The Morgan fingerprint density at radius 1 is 1.38 bits per heavy atom. The highest BCUT2D eigenvalue weighted by atomic mass is 35.5. The van der Waals surface area contributed by atoms with Crippen LogP contribution >= 0.6 is 11.6 Å². The van der Waals surface area contributed by atoms with Crippen LogP contribution < -0.4 is 4.74 Å². The summed E-state index contributed by atoms with van der Waals surface area (Å²) >= 11 is 5.83. The topological polar surface area (TPSA) is 47.3 Å². The number of benzene rings is 1. The van der Waals surface area contributed by atoms with Gasteiger partial charge < -0.3 is 9.84 Å². The van der Waals surface area contributed by atoms with E-state index in [2.05, 4.69) is 5.10 Å². The monoisotopic (exact) mass is 238 g/mol. The Bertz CT molecular complexity index is 471. The quantitative estimate of drug-likeness (QED) is 0.889. The van der Waals surface area contributed by atoms with Crippen LogP contribution in [0.4, 0.5) is 0 Å². The van der Waals surface area contributed by atoms with Crippen LogP contribution in [0.2, 0.25) is 5.02 Å². The van der Waals surface area contributed by atoms with Crippen LogP contribution in [0.1, 0.15) is 0 Å². The molecular formula is C11H11ClN2O2. The molecule has 0 amide bonds. The second-order valence-corrected chi connectivity index (χ2v) is 3.66. The molecule has 1 aromatic heterocycles. The van der Waals surface area contributed by atoms with E-state index in [0.717, 1.165) is 0 Å². The summed E-state index contributed by atoms with van der Waals surface area (Å²) in [6.45, 7) is 0.511. The molecule has 84 valence electrons. The van der Waals surface area contributed by atoms with E-state index in [0.29, 0.717) is 23.1 Å². The number of aromatic nitrogens is 2. The summed E-state index contributed by atoms with van der Waals surface area (Å²) in [6, 6.07) is 7.14. The molecule has 0 spiro atoms. The van der Waals surface area contributed by atoms with E-state index >= 15 is 0 Å². The van der Waals surface area contributed by atoms with Crippen molar-refractivity contribution in [2.45, 2.75) is 6.54 Å². The molecule has 0 unspecified atom stereocenters. The maximum Gasteiger partial charge on any atom is 0.165 e. The Labute approximate surface area is 98.0 Å². The number of aliphatic hydroxyl groups excluding tert-OH is 1. The first-order chi connectivity index (χ1) is 7.78. The lowest BCUT2D eigenvalue weighted by atomic mass is 10.3. The molecule has 5 heteroatoms. The van der Waals surface area contributed by atoms with Gasteiger partial charge in [-0.15, -0.1) is 0 Å². The Morgan fingerprint density at radius 3 is 3.00 bits per heavy atom. The van der Waals surface area contributed by atoms with Crippen molar-refractivity contribution in [3.8, 4) is 11.5 Å². The minimum absolute atomic E-state index is 0.0539. The highest BCUT2D eigenvalue weighted by molar-refractivity contribution is 6.30. The van der Waals surface area contributed by atoms with Crippen molar-refractivity contribution in [3.63, 3.8) is 0 Å². The molecule has 1 N–H and O–H groups in total. The largest absolute Gasteiger partial charge is 0.454 e. The second-order valence-electron chi connectivity index (χ2n) is 3.22. The first-order valence-corrected chi connectivity index (χ1v) is 5.22. The minimum atomic E-state index is 0.0539. The number of halogens is 1. The van der Waals surface area contributed by atoms with E-state index in [9.17, 15) is 0 Å². The van der Waals surface area contributed by atoms with Gasteiger partial charge >= 0.3 is 0 Å². The normalized spacial score (nSPS) is 10.4. The van der Waals surface area contributed by atoms with Gasteiger partial charge in [-0.3, -0.25) is 4.68 Å². The molecule has 0 atom stereocenters. The molecule has 0 saturated heterocycles. The number of nitrogens with zero attached hydrogens (tertiary/aromatic N) is 2. The fourth-order valence-corrected chi connectivity index (χ4v) is 1.47. The van der Waals surface area contributed by atoms with Crippen LogP contribution in [0.3, 0.4) is 0 Å². The standard InChI is InChI=1S/C11H11ClN2O2/c12-9-2-1-3-10(6-9)16-11-7-13-14(8-11)4-5-15/h1-3,6-8,15H,4-5H2. The van der Waals surface area contributed by atoms with Gasteiger partial charge in [-0.25, -0.2) is 0 Å². The van der Waals surface area contributed by atoms with Gasteiger partial charge in [-0.05, 0) is 18.2 Å². The zero-order chi connectivity index (χ0) is 11.4. The third-order valence-electron chi connectivity index (χ3n) is 1.97. The fourth-order valence-electron chi connectivity index (χ4n) is 1.29. The molecule has 0 aliphatic rings. The third-order valence-corrected chi connectivity index (χ3v) is 2.21. The summed E-state index contributed by atoms with van der Waals surface area (Å²) in [4.78, 5) is 0. The average molecular weight is 239 g/mol. The maximum atomic E-state index is 8.74. The van der Waals surface area contributed by atoms with Crippen LogP contribution in [0.25, 0.3) is 0 Å². The first-order valence-electron chi connectivity index (χ1n) is 4.84. The van der Waals surface area contributed by atoms with E-state index in [1.807, 2.05) is 12.1 Å². The molecule has 1 heterocycles. The van der Waals surface area contributed by atoms with Crippen LogP contribution in [0.5, 0.6) is 11.5 Å². The molecule has 0 aliphatic carbocycles. The van der Waals surface area contributed by atoms with Gasteiger partial charge in [0.05, 0.1) is 25.5 Å². The lowest BCUT2D eigenvalue weighted by Crippen LogP contribution is -2.01. The minimum Gasteiger partial charge on any atom is -0.454 e. The van der Waals surface area contributed by atoms with Crippen molar-refractivity contribution in [1.82, 2.24) is 9.78 Å². The van der Waals surface area contributed by atoms with Crippen molar-refractivity contribution in [3.05, 3.63) is 41.7 Å². The Hall–Kier alpha value is -1.52. The highest BCUT2D eigenvalue weighted by Crippen LogP contribution is 2.23. The number of hydrogen-bond donors (Lipinski definition) is 1. The predicted octanol–water partition coefficient (Wildman–Crippen LogP) is 2.32. The van der Waals surface area contributed by atoms with E-state index < -0.39 is 0 Å². The second kappa shape index (κ2) is 5.01. The van der Waals surface area contributed by atoms with Crippen molar-refractivity contribution < 1.29 is 9.84 Å². The zero-order valence-electron chi connectivity index (χ0n) is 8.51. The Kier molecular flexibility index (Phi) is 3.44. The van der Waals surface area contributed by atoms with Crippen LogP contribution in [0.15, 0.2) is 36.7 Å². The van der Waals surface area contributed by atoms with E-state index in [1.165, 1.54) is 0 Å². The van der Waals surface area contributed by atoms with Crippen LogP contribution in [-0.4, -0.2) is 21.5 Å². The fraction of sp³-hybridized carbons (Fsp3) is 0.182. The van der Waals surface area contributed by atoms with E-state index in [1.54, 1.807) is 29.2 Å². The molecule has 16 heavy (non-hydrogen) atoms. The zero-order valence-corrected chi connectivity index (χ0v) is 9.26. The van der Waals surface area contributed by atoms with Gasteiger partial charge in [0, 0.05) is 5.02 Å². The third kappa shape index (κ3) is 2.74. The van der Waals surface area contributed by atoms with Crippen LogP contribution in [-0.2, 0) is 6.54 Å². The van der Waals surface area contributed by atoms with Gasteiger partial charge in [0.1, 0.15) is 5.75 Å². The number of hydrogen-bond acceptors (Lipinski definition) is 3. The van der Waals surface area contributed by atoms with E-state index in [4.69, 9.17) is 21.4 Å². The SMILES string of the molecule is OCCn1cc(Oc2cccc(Cl)c2)cn1. The summed E-state index contributed by atoms with van der Waals surface area (Å²) in [6.07, 6.45) is 3.31. The lowest BCUT2D eigenvalue weighted by Gasteiger charge is -2.02. The molecule has 0 fully saturated rings. The summed E-state index contributed by atoms with van der Waals surface area (Å²) in [7, 11) is 0. The first kappa shape index (κ1) is 11.0. The molecule has 0 saturated carbocycles. The molecule has 1 aromatic carbocycles. The molecule has 2 aromatic rings. The van der Waals surface area contributed by atoms with Crippen molar-refractivity contribution in [1.29, 1.82) is 0 Å². The predicted molar refractivity (Wildman–Crippen MR) is 60.8 cm³/mol. The van der Waals surface area contributed by atoms with Gasteiger partial charge in [0.25, 0.3) is 0 Å². The van der Waals surface area contributed by atoms with Crippen molar-refractivity contribution >= 4 is 11.6 Å².